The lowest BCUT2D eigenvalue weighted by molar-refractivity contribution is 0.0827. The molecule has 2 rings (SSSR count). The molecule has 1 amide bonds. The molecule has 21 heavy (non-hydrogen) atoms. The van der Waals surface area contributed by atoms with Crippen LogP contribution in [0.3, 0.4) is 0 Å². The molecule has 112 valence electrons. The van der Waals surface area contributed by atoms with E-state index in [9.17, 15) is 4.79 Å². The molecule has 2 aromatic rings. The van der Waals surface area contributed by atoms with Crippen molar-refractivity contribution in [3.8, 4) is 0 Å². The minimum atomic E-state index is 0.0139. The summed E-state index contributed by atoms with van der Waals surface area (Å²) in [5, 5.41) is 3.33. The summed E-state index contributed by atoms with van der Waals surface area (Å²) in [6, 6.07) is 7.51. The van der Waals surface area contributed by atoms with Crippen LogP contribution in [0.4, 0.5) is 5.69 Å². The number of aromatic nitrogens is 2. The number of amides is 1. The Morgan fingerprint density at radius 3 is 2.62 bits per heavy atom. The van der Waals surface area contributed by atoms with E-state index in [-0.39, 0.29) is 5.91 Å². The smallest absolute Gasteiger partial charge is 0.253 e. The minimum absolute atomic E-state index is 0.0139. The molecule has 0 spiro atoms. The third-order valence-electron chi connectivity index (χ3n) is 3.25. The highest BCUT2D eigenvalue weighted by Gasteiger charge is 2.07. The maximum absolute atomic E-state index is 11.8. The van der Waals surface area contributed by atoms with E-state index in [0.717, 1.165) is 24.5 Å². The molecule has 0 aliphatic carbocycles. The van der Waals surface area contributed by atoms with Crippen LogP contribution < -0.4 is 5.32 Å². The Morgan fingerprint density at radius 1 is 1.29 bits per heavy atom. The van der Waals surface area contributed by atoms with Crippen LogP contribution in [-0.4, -0.2) is 34.5 Å². The van der Waals surface area contributed by atoms with Crippen LogP contribution >= 0.6 is 0 Å². The van der Waals surface area contributed by atoms with Crippen LogP contribution in [0.2, 0.25) is 0 Å². The van der Waals surface area contributed by atoms with Crippen LogP contribution in [0.5, 0.6) is 0 Å². The molecule has 0 saturated heterocycles. The van der Waals surface area contributed by atoms with E-state index in [4.69, 9.17) is 0 Å². The molecule has 0 saturated carbocycles. The van der Waals surface area contributed by atoms with Crippen molar-refractivity contribution in [1.82, 2.24) is 14.5 Å². The van der Waals surface area contributed by atoms with E-state index >= 15 is 0 Å². The number of nitrogens with zero attached hydrogens (tertiary/aromatic N) is 3. The van der Waals surface area contributed by atoms with Gasteiger partial charge < -0.3 is 14.8 Å². The lowest BCUT2D eigenvalue weighted by Gasteiger charge is -2.12. The number of imidazole rings is 1. The van der Waals surface area contributed by atoms with Crippen molar-refractivity contribution >= 4 is 11.6 Å². The number of hydrogen-bond donors (Lipinski definition) is 1. The highest BCUT2D eigenvalue weighted by Crippen LogP contribution is 2.12. The first-order valence-electron chi connectivity index (χ1n) is 7.17. The second kappa shape index (κ2) is 6.92. The standard InChI is InChI=1S/C16H22N4O/c1-4-10-20-11-9-17-15(20)12-18-14-7-5-13(6-8-14)16(21)19(2)3/h5-9,11,18H,4,10,12H2,1-3H3. The SMILES string of the molecule is CCCn1ccnc1CNc1ccc(C(=O)N(C)C)cc1. The van der Waals surface area contributed by atoms with E-state index in [1.807, 2.05) is 36.7 Å². The van der Waals surface area contributed by atoms with Crippen LogP contribution in [0, 0.1) is 0 Å². The Labute approximate surface area is 125 Å². The van der Waals surface area contributed by atoms with Gasteiger partial charge in [0.1, 0.15) is 5.82 Å². The number of benzene rings is 1. The third kappa shape index (κ3) is 3.84. The van der Waals surface area contributed by atoms with Crippen molar-refractivity contribution in [3.63, 3.8) is 0 Å². The molecule has 1 N–H and O–H groups in total. The van der Waals surface area contributed by atoms with E-state index in [0.29, 0.717) is 12.1 Å². The van der Waals surface area contributed by atoms with Crippen molar-refractivity contribution in [2.75, 3.05) is 19.4 Å². The topological polar surface area (TPSA) is 50.2 Å². The van der Waals surface area contributed by atoms with Gasteiger partial charge >= 0.3 is 0 Å². The minimum Gasteiger partial charge on any atom is -0.378 e. The van der Waals surface area contributed by atoms with Gasteiger partial charge in [0.05, 0.1) is 6.54 Å². The zero-order chi connectivity index (χ0) is 15.2. The second-order valence-corrected chi connectivity index (χ2v) is 5.17. The van der Waals surface area contributed by atoms with E-state index in [2.05, 4.69) is 21.8 Å². The summed E-state index contributed by atoms with van der Waals surface area (Å²) in [4.78, 5) is 17.7. The van der Waals surface area contributed by atoms with Crippen LogP contribution in [-0.2, 0) is 13.1 Å². The van der Waals surface area contributed by atoms with Gasteiger partial charge in [-0.2, -0.15) is 0 Å². The summed E-state index contributed by atoms with van der Waals surface area (Å²) in [6.45, 7) is 3.80. The summed E-state index contributed by atoms with van der Waals surface area (Å²) in [5.41, 5.74) is 1.68. The fourth-order valence-corrected chi connectivity index (χ4v) is 2.12. The predicted octanol–water partition coefficient (Wildman–Crippen LogP) is 2.61. The van der Waals surface area contributed by atoms with Gasteiger partial charge in [-0.15, -0.1) is 0 Å². The Morgan fingerprint density at radius 2 is 2.00 bits per heavy atom. The van der Waals surface area contributed by atoms with Gasteiger partial charge in [-0.05, 0) is 30.7 Å². The summed E-state index contributed by atoms with van der Waals surface area (Å²) in [6.07, 6.45) is 4.91. The van der Waals surface area contributed by atoms with Gasteiger partial charge in [0.2, 0.25) is 0 Å². The second-order valence-electron chi connectivity index (χ2n) is 5.17. The maximum Gasteiger partial charge on any atom is 0.253 e. The van der Waals surface area contributed by atoms with Crippen LogP contribution in [0.15, 0.2) is 36.7 Å². The number of aryl methyl sites for hydroxylation is 1. The van der Waals surface area contributed by atoms with Crippen molar-refractivity contribution in [2.24, 2.45) is 0 Å². The molecular weight excluding hydrogens is 264 g/mol. The average molecular weight is 286 g/mol. The number of hydrogen-bond acceptors (Lipinski definition) is 3. The molecule has 0 radical (unpaired) electrons. The molecular formula is C16H22N4O. The van der Waals surface area contributed by atoms with E-state index in [1.165, 1.54) is 0 Å². The molecule has 0 atom stereocenters. The molecule has 1 heterocycles. The van der Waals surface area contributed by atoms with Crippen LogP contribution in [0.1, 0.15) is 29.5 Å². The molecule has 0 aliphatic heterocycles. The van der Waals surface area contributed by atoms with Crippen molar-refractivity contribution in [2.45, 2.75) is 26.4 Å². The van der Waals surface area contributed by atoms with E-state index in [1.54, 1.807) is 19.0 Å². The Hall–Kier alpha value is -2.30. The van der Waals surface area contributed by atoms with Gasteiger partial charge in [-0.25, -0.2) is 4.98 Å². The first-order chi connectivity index (χ1) is 10.1. The largest absolute Gasteiger partial charge is 0.378 e. The van der Waals surface area contributed by atoms with Crippen molar-refractivity contribution in [1.29, 1.82) is 0 Å². The fourth-order valence-electron chi connectivity index (χ4n) is 2.12. The van der Waals surface area contributed by atoms with Gasteiger partial charge in [-0.1, -0.05) is 6.92 Å². The first kappa shape index (κ1) is 15.1. The van der Waals surface area contributed by atoms with Gasteiger partial charge in [0.15, 0.2) is 0 Å². The summed E-state index contributed by atoms with van der Waals surface area (Å²) < 4.78 is 2.15. The third-order valence-corrected chi connectivity index (χ3v) is 3.25. The van der Waals surface area contributed by atoms with Crippen molar-refractivity contribution < 1.29 is 4.79 Å². The number of rotatable bonds is 6. The normalized spacial score (nSPS) is 10.4. The first-order valence-corrected chi connectivity index (χ1v) is 7.17. The molecule has 5 nitrogen and oxygen atoms in total. The number of anilines is 1. The summed E-state index contributed by atoms with van der Waals surface area (Å²) in [5.74, 6) is 1.03. The summed E-state index contributed by atoms with van der Waals surface area (Å²) in [7, 11) is 3.50. The highest BCUT2D eigenvalue weighted by atomic mass is 16.2. The monoisotopic (exact) mass is 286 g/mol. The lowest BCUT2D eigenvalue weighted by Crippen LogP contribution is -2.21. The van der Waals surface area contributed by atoms with Crippen molar-refractivity contribution in [3.05, 3.63) is 48.0 Å². The average Bonchev–Trinajstić information content (AvgIpc) is 2.92. The molecule has 0 bridgehead atoms. The number of carbonyl (C=O) groups is 1. The predicted molar refractivity (Wildman–Crippen MR) is 84.3 cm³/mol. The molecule has 5 heteroatoms. The number of nitrogens with one attached hydrogen (secondary N) is 1. The molecule has 1 aromatic heterocycles. The number of carbonyl (C=O) groups excluding carboxylic acids is 1. The maximum atomic E-state index is 11.8. The van der Waals surface area contributed by atoms with E-state index < -0.39 is 0 Å². The molecule has 1 aromatic carbocycles. The highest BCUT2D eigenvalue weighted by molar-refractivity contribution is 5.94. The Kier molecular flexibility index (Phi) is 4.98. The van der Waals surface area contributed by atoms with Gasteiger partial charge in [-0.3, -0.25) is 4.79 Å². The zero-order valence-electron chi connectivity index (χ0n) is 12.8. The van der Waals surface area contributed by atoms with Crippen LogP contribution in [0.25, 0.3) is 0 Å². The van der Waals surface area contributed by atoms with Gasteiger partial charge in [0, 0.05) is 44.3 Å². The quantitative estimate of drug-likeness (QED) is 0.888. The lowest BCUT2D eigenvalue weighted by atomic mass is 10.2. The fraction of sp³-hybridized carbons (Fsp3) is 0.375. The molecule has 0 fully saturated rings. The Balaban J connectivity index is 1.97. The zero-order valence-corrected chi connectivity index (χ0v) is 12.8. The molecule has 0 unspecified atom stereocenters. The molecule has 0 aliphatic rings. The Bertz CT molecular complexity index is 587. The summed E-state index contributed by atoms with van der Waals surface area (Å²) >= 11 is 0. The van der Waals surface area contributed by atoms with Gasteiger partial charge in [0.25, 0.3) is 5.91 Å².